The molecular weight excluding hydrogens is 510 g/mol. The van der Waals surface area contributed by atoms with Gasteiger partial charge >= 0.3 is 25.2 Å². The molecule has 2 atom stereocenters. The van der Waals surface area contributed by atoms with E-state index in [4.69, 9.17) is 9.39 Å². The fourth-order valence-corrected chi connectivity index (χ4v) is 5.61. The fourth-order valence-electron chi connectivity index (χ4n) is 3.92. The first kappa shape index (κ1) is 26.4. The average Bonchev–Trinajstić information content (AvgIpc) is 3.22. The highest BCUT2D eigenvalue weighted by atomic mass is 32.2. The summed E-state index contributed by atoms with van der Waals surface area (Å²) in [7, 11) is -5.65. The number of sulfonamides is 1. The SMILES string of the molecule is Cc1ccc(S(=O)(=O)N2B(c3ccccc3)OC(=O)C2[C@@H](C)OC(=O)c2ccc(C(F)(F)F)cc2)cc1. The number of nitrogens with zero attached hydrogens (tertiary/aromatic N) is 1. The molecule has 12 heteroatoms. The van der Waals surface area contributed by atoms with Gasteiger partial charge in [0, 0.05) is 0 Å². The highest BCUT2D eigenvalue weighted by molar-refractivity contribution is 7.90. The molecule has 0 spiro atoms. The summed E-state index contributed by atoms with van der Waals surface area (Å²) >= 11 is 0. The second-order valence-electron chi connectivity index (χ2n) is 8.48. The summed E-state index contributed by atoms with van der Waals surface area (Å²) in [4.78, 5) is 25.5. The van der Waals surface area contributed by atoms with Gasteiger partial charge in [0.15, 0.2) is 6.04 Å². The van der Waals surface area contributed by atoms with Gasteiger partial charge in [-0.2, -0.15) is 17.4 Å². The smallest absolute Gasteiger partial charge is 0.502 e. The number of esters is 1. The lowest BCUT2D eigenvalue weighted by atomic mass is 9.74. The molecule has 3 aromatic rings. The number of carbonyl (C=O) groups excluding carboxylic acids is 2. The molecule has 0 aliphatic carbocycles. The summed E-state index contributed by atoms with van der Waals surface area (Å²) in [6.45, 7) is 3.11. The number of hydrogen-bond donors (Lipinski definition) is 0. The van der Waals surface area contributed by atoms with Crippen LogP contribution in [0.15, 0.2) is 83.8 Å². The number of alkyl halides is 3. The number of aryl methyl sites for hydroxylation is 1. The zero-order valence-electron chi connectivity index (χ0n) is 19.7. The van der Waals surface area contributed by atoms with Crippen molar-refractivity contribution in [1.82, 2.24) is 4.22 Å². The topological polar surface area (TPSA) is 90.0 Å². The third-order valence-electron chi connectivity index (χ3n) is 5.84. The maximum Gasteiger partial charge on any atom is 0.502 e. The lowest BCUT2D eigenvalue weighted by Crippen LogP contribution is -2.54. The van der Waals surface area contributed by atoms with E-state index in [0.29, 0.717) is 5.46 Å². The Bertz CT molecular complexity index is 1400. The molecule has 1 aliphatic rings. The standard InChI is InChI=1S/C25H21BF3NO6S/c1-16-8-14-21(15-9-16)37(33,34)30-22(24(32)36-26(30)20-6-4-3-5-7-20)17(2)35-23(31)18-10-12-19(13-11-18)25(27,28)29/h3-15,17,22H,1-2H3/t17-,22?/m1/s1. The number of benzene rings is 3. The van der Waals surface area contributed by atoms with Crippen LogP contribution in [0.5, 0.6) is 0 Å². The summed E-state index contributed by atoms with van der Waals surface area (Å²) in [5, 5.41) is 0. The van der Waals surface area contributed by atoms with E-state index in [9.17, 15) is 31.2 Å². The molecular formula is C25H21BF3NO6S. The number of halogens is 3. The second kappa shape index (κ2) is 10.0. The number of ether oxygens (including phenoxy) is 1. The van der Waals surface area contributed by atoms with Crippen LogP contribution in [0, 0.1) is 6.92 Å². The fraction of sp³-hybridized carbons (Fsp3) is 0.200. The van der Waals surface area contributed by atoms with Crippen molar-refractivity contribution in [1.29, 1.82) is 0 Å². The Balaban J connectivity index is 1.67. The Morgan fingerprint density at radius 2 is 1.59 bits per heavy atom. The van der Waals surface area contributed by atoms with Crippen molar-refractivity contribution >= 4 is 34.5 Å². The molecule has 1 heterocycles. The molecule has 1 unspecified atom stereocenters. The summed E-state index contributed by atoms with van der Waals surface area (Å²) in [6.07, 6.45) is -5.92. The molecule has 1 aliphatic heterocycles. The van der Waals surface area contributed by atoms with Gasteiger partial charge in [-0.3, -0.25) is 4.79 Å². The summed E-state index contributed by atoms with van der Waals surface area (Å²) in [5.74, 6) is -1.96. The van der Waals surface area contributed by atoms with Crippen LogP contribution in [0.1, 0.15) is 28.4 Å². The minimum atomic E-state index is -4.58. The van der Waals surface area contributed by atoms with E-state index in [1.54, 1.807) is 49.4 Å². The van der Waals surface area contributed by atoms with Gasteiger partial charge in [0.05, 0.1) is 16.0 Å². The average molecular weight is 531 g/mol. The predicted molar refractivity (Wildman–Crippen MR) is 128 cm³/mol. The molecule has 192 valence electrons. The first-order valence-corrected chi connectivity index (χ1v) is 12.6. The van der Waals surface area contributed by atoms with Crippen molar-refractivity contribution in [2.45, 2.75) is 37.1 Å². The van der Waals surface area contributed by atoms with Crippen molar-refractivity contribution in [3.63, 3.8) is 0 Å². The Morgan fingerprint density at radius 3 is 2.16 bits per heavy atom. The Kier molecular flexibility index (Phi) is 7.16. The molecule has 1 saturated heterocycles. The second-order valence-corrected chi connectivity index (χ2v) is 10.3. The van der Waals surface area contributed by atoms with Crippen molar-refractivity contribution in [3.8, 4) is 0 Å². The number of carbonyl (C=O) groups is 2. The van der Waals surface area contributed by atoms with Gasteiger partial charge in [-0.05, 0) is 55.7 Å². The summed E-state index contributed by atoms with van der Waals surface area (Å²) in [5.41, 5.74) is 0.0642. The van der Waals surface area contributed by atoms with Gasteiger partial charge in [-0.1, -0.05) is 48.0 Å². The van der Waals surface area contributed by atoms with Crippen LogP contribution >= 0.6 is 0 Å². The minimum Gasteiger partial charge on any atom is -0.514 e. The van der Waals surface area contributed by atoms with E-state index < -0.39 is 52.9 Å². The molecule has 1 fully saturated rings. The molecule has 0 bridgehead atoms. The van der Waals surface area contributed by atoms with E-state index in [1.165, 1.54) is 19.1 Å². The normalized spacial score (nSPS) is 17.4. The molecule has 7 nitrogen and oxygen atoms in total. The third kappa shape index (κ3) is 5.40. The molecule has 0 saturated carbocycles. The maximum absolute atomic E-state index is 13.7. The van der Waals surface area contributed by atoms with Gasteiger partial charge in [-0.25, -0.2) is 13.2 Å². The molecule has 37 heavy (non-hydrogen) atoms. The van der Waals surface area contributed by atoms with Crippen LogP contribution in [0.2, 0.25) is 0 Å². The minimum absolute atomic E-state index is 0.0939. The zero-order valence-corrected chi connectivity index (χ0v) is 20.5. The quantitative estimate of drug-likeness (QED) is 0.357. The zero-order chi connectivity index (χ0) is 27.0. The van der Waals surface area contributed by atoms with Gasteiger partial charge in [-0.15, -0.1) is 0 Å². The number of hydrogen-bond acceptors (Lipinski definition) is 6. The van der Waals surface area contributed by atoms with Crippen molar-refractivity contribution < 1.29 is 40.6 Å². The van der Waals surface area contributed by atoms with Crippen LogP contribution in [-0.4, -0.2) is 43.8 Å². The maximum atomic E-state index is 13.7. The first-order chi connectivity index (χ1) is 17.4. The van der Waals surface area contributed by atoms with Crippen molar-refractivity contribution in [2.24, 2.45) is 0 Å². The van der Waals surface area contributed by atoms with Crippen LogP contribution in [0.4, 0.5) is 13.2 Å². The Labute approximate surface area is 212 Å². The number of rotatable bonds is 6. The van der Waals surface area contributed by atoms with E-state index in [0.717, 1.165) is 34.0 Å². The van der Waals surface area contributed by atoms with E-state index in [2.05, 4.69) is 0 Å². The highest BCUT2D eigenvalue weighted by Crippen LogP contribution is 2.31. The molecule has 0 N–H and O–H groups in total. The highest BCUT2D eigenvalue weighted by Gasteiger charge is 2.56. The molecule has 0 radical (unpaired) electrons. The lowest BCUT2D eigenvalue weighted by molar-refractivity contribution is -0.138. The first-order valence-electron chi connectivity index (χ1n) is 11.1. The largest absolute Gasteiger partial charge is 0.514 e. The van der Waals surface area contributed by atoms with Gasteiger partial charge in [0.25, 0.3) is 0 Å². The molecule has 3 aromatic carbocycles. The Hall–Kier alpha value is -3.64. The van der Waals surface area contributed by atoms with Crippen molar-refractivity contribution in [2.75, 3.05) is 0 Å². The van der Waals surface area contributed by atoms with Gasteiger partial charge in [0.2, 0.25) is 10.0 Å². The van der Waals surface area contributed by atoms with Crippen LogP contribution in [-0.2, 0) is 30.4 Å². The van der Waals surface area contributed by atoms with E-state index >= 15 is 0 Å². The van der Waals surface area contributed by atoms with Gasteiger partial charge < -0.3 is 9.39 Å². The van der Waals surface area contributed by atoms with E-state index in [1.807, 2.05) is 0 Å². The summed E-state index contributed by atoms with van der Waals surface area (Å²) < 4.78 is 77.6. The molecule has 0 aromatic heterocycles. The Morgan fingerprint density at radius 1 is 1.00 bits per heavy atom. The van der Waals surface area contributed by atoms with Crippen LogP contribution < -0.4 is 5.46 Å². The van der Waals surface area contributed by atoms with E-state index in [-0.39, 0.29) is 10.5 Å². The third-order valence-corrected chi connectivity index (χ3v) is 7.68. The molecule has 4 rings (SSSR count). The van der Waals surface area contributed by atoms with Gasteiger partial charge in [0.1, 0.15) is 6.10 Å². The monoisotopic (exact) mass is 531 g/mol. The molecule has 0 amide bonds. The van der Waals surface area contributed by atoms with Crippen LogP contribution in [0.3, 0.4) is 0 Å². The lowest BCUT2D eigenvalue weighted by Gasteiger charge is -2.27. The van der Waals surface area contributed by atoms with Crippen molar-refractivity contribution in [3.05, 3.63) is 95.6 Å². The summed E-state index contributed by atoms with van der Waals surface area (Å²) in [6, 6.07) is 16.0. The predicted octanol–water partition coefficient (Wildman–Crippen LogP) is 3.57. The van der Waals surface area contributed by atoms with Crippen LogP contribution in [0.25, 0.3) is 0 Å².